The molecule has 1 nitrogen and oxygen atoms in total. The van der Waals surface area contributed by atoms with Crippen molar-refractivity contribution in [1.29, 1.82) is 0 Å². The van der Waals surface area contributed by atoms with Crippen molar-refractivity contribution in [2.24, 2.45) is 17.8 Å². The van der Waals surface area contributed by atoms with Crippen LogP contribution in [0.4, 0.5) is 0 Å². The van der Waals surface area contributed by atoms with E-state index in [4.69, 9.17) is 0 Å². The average Bonchev–Trinajstić information content (AvgIpc) is 2.73. The molecule has 0 spiro atoms. The monoisotopic (exact) mass is 237 g/mol. The zero-order valence-electron chi connectivity index (χ0n) is 12.0. The Kier molecular flexibility index (Phi) is 5.34. The van der Waals surface area contributed by atoms with E-state index in [0.717, 1.165) is 17.8 Å². The Labute approximate surface area is 108 Å². The molecule has 0 bridgehead atoms. The van der Waals surface area contributed by atoms with Crippen molar-refractivity contribution in [3.8, 4) is 0 Å². The molecule has 0 aromatic carbocycles. The van der Waals surface area contributed by atoms with E-state index < -0.39 is 0 Å². The van der Waals surface area contributed by atoms with E-state index in [-0.39, 0.29) is 0 Å². The van der Waals surface area contributed by atoms with Gasteiger partial charge in [0.05, 0.1) is 0 Å². The third-order valence-electron chi connectivity index (χ3n) is 5.08. The molecule has 2 atom stereocenters. The van der Waals surface area contributed by atoms with Gasteiger partial charge in [0.1, 0.15) is 0 Å². The van der Waals surface area contributed by atoms with Crippen LogP contribution in [0.1, 0.15) is 65.2 Å². The van der Waals surface area contributed by atoms with Gasteiger partial charge in [0.15, 0.2) is 0 Å². The van der Waals surface area contributed by atoms with Crippen LogP contribution in [0.5, 0.6) is 0 Å². The van der Waals surface area contributed by atoms with Gasteiger partial charge in [-0.1, -0.05) is 46.0 Å². The number of nitrogens with zero attached hydrogens (tertiary/aromatic N) is 1. The van der Waals surface area contributed by atoms with Crippen LogP contribution in [0.2, 0.25) is 0 Å². The summed E-state index contributed by atoms with van der Waals surface area (Å²) in [5.41, 5.74) is 0. The van der Waals surface area contributed by atoms with Crippen LogP contribution >= 0.6 is 0 Å². The van der Waals surface area contributed by atoms with E-state index in [1.807, 2.05) is 0 Å². The summed E-state index contributed by atoms with van der Waals surface area (Å²) < 4.78 is 0. The van der Waals surface area contributed by atoms with E-state index in [0.29, 0.717) is 0 Å². The van der Waals surface area contributed by atoms with E-state index in [1.165, 1.54) is 71.0 Å². The lowest BCUT2D eigenvalue weighted by Crippen LogP contribution is -2.29. The molecule has 0 amide bonds. The number of hydrogen-bond donors (Lipinski definition) is 0. The number of likely N-dealkylation sites (tertiary alicyclic amines) is 1. The SMILES string of the molecule is CCCC1CN(CC2CCCCC2)CC1CC. The van der Waals surface area contributed by atoms with E-state index >= 15 is 0 Å². The maximum absolute atomic E-state index is 2.80. The quantitative estimate of drug-likeness (QED) is 0.688. The molecule has 17 heavy (non-hydrogen) atoms. The van der Waals surface area contributed by atoms with Gasteiger partial charge in [-0.25, -0.2) is 0 Å². The molecular formula is C16H31N. The lowest BCUT2D eigenvalue weighted by molar-refractivity contribution is 0.225. The standard InChI is InChI=1S/C16H31N/c1-3-8-16-13-17(12-15(16)4-2)11-14-9-6-5-7-10-14/h14-16H,3-13H2,1-2H3. The molecule has 2 aliphatic rings. The highest BCUT2D eigenvalue weighted by molar-refractivity contribution is 4.84. The second-order valence-corrected chi connectivity index (χ2v) is 6.44. The second kappa shape index (κ2) is 6.78. The summed E-state index contributed by atoms with van der Waals surface area (Å²) in [7, 11) is 0. The van der Waals surface area contributed by atoms with Crippen LogP contribution in [0.3, 0.4) is 0 Å². The van der Waals surface area contributed by atoms with Crippen LogP contribution in [0.15, 0.2) is 0 Å². The maximum atomic E-state index is 2.80. The molecule has 1 heterocycles. The Bertz CT molecular complexity index is 208. The molecule has 1 saturated heterocycles. The number of rotatable bonds is 5. The second-order valence-electron chi connectivity index (χ2n) is 6.44. The Hall–Kier alpha value is -0.0400. The molecular weight excluding hydrogens is 206 g/mol. The Balaban J connectivity index is 1.78. The van der Waals surface area contributed by atoms with Crippen molar-refractivity contribution >= 4 is 0 Å². The van der Waals surface area contributed by atoms with Gasteiger partial charge >= 0.3 is 0 Å². The molecule has 0 radical (unpaired) electrons. The van der Waals surface area contributed by atoms with Crippen molar-refractivity contribution in [3.05, 3.63) is 0 Å². The van der Waals surface area contributed by atoms with Crippen LogP contribution in [-0.4, -0.2) is 24.5 Å². The van der Waals surface area contributed by atoms with Gasteiger partial charge < -0.3 is 4.90 Å². The minimum Gasteiger partial charge on any atom is -0.302 e. The Morgan fingerprint density at radius 1 is 0.941 bits per heavy atom. The van der Waals surface area contributed by atoms with Crippen LogP contribution < -0.4 is 0 Å². The summed E-state index contributed by atoms with van der Waals surface area (Å²) in [6, 6.07) is 0. The fraction of sp³-hybridized carbons (Fsp3) is 1.00. The first-order valence-electron chi connectivity index (χ1n) is 8.05. The molecule has 2 unspecified atom stereocenters. The topological polar surface area (TPSA) is 3.24 Å². The van der Waals surface area contributed by atoms with Gasteiger partial charge in [0.25, 0.3) is 0 Å². The van der Waals surface area contributed by atoms with Gasteiger partial charge in [-0.05, 0) is 37.0 Å². The van der Waals surface area contributed by atoms with Crippen LogP contribution in [-0.2, 0) is 0 Å². The minimum atomic E-state index is 0.999. The highest BCUT2D eigenvalue weighted by Crippen LogP contribution is 2.32. The van der Waals surface area contributed by atoms with Crippen molar-refractivity contribution < 1.29 is 0 Å². The first-order chi connectivity index (χ1) is 8.33. The minimum absolute atomic E-state index is 0.999. The zero-order valence-corrected chi connectivity index (χ0v) is 12.0. The van der Waals surface area contributed by atoms with Crippen LogP contribution in [0.25, 0.3) is 0 Å². The van der Waals surface area contributed by atoms with Gasteiger partial charge in [-0.2, -0.15) is 0 Å². The summed E-state index contributed by atoms with van der Waals surface area (Å²) in [5.74, 6) is 3.04. The third-order valence-corrected chi connectivity index (χ3v) is 5.08. The van der Waals surface area contributed by atoms with Crippen molar-refractivity contribution in [1.82, 2.24) is 4.90 Å². The number of hydrogen-bond acceptors (Lipinski definition) is 1. The summed E-state index contributed by atoms with van der Waals surface area (Å²) in [6.07, 6.45) is 11.7. The summed E-state index contributed by atoms with van der Waals surface area (Å²) in [5, 5.41) is 0. The van der Waals surface area contributed by atoms with Crippen molar-refractivity contribution in [2.45, 2.75) is 65.2 Å². The van der Waals surface area contributed by atoms with Crippen molar-refractivity contribution in [2.75, 3.05) is 19.6 Å². The van der Waals surface area contributed by atoms with Gasteiger partial charge in [0.2, 0.25) is 0 Å². The van der Waals surface area contributed by atoms with Gasteiger partial charge in [-0.3, -0.25) is 0 Å². The highest BCUT2D eigenvalue weighted by atomic mass is 15.2. The molecule has 0 N–H and O–H groups in total. The van der Waals surface area contributed by atoms with E-state index in [2.05, 4.69) is 18.7 Å². The highest BCUT2D eigenvalue weighted by Gasteiger charge is 2.31. The van der Waals surface area contributed by atoms with E-state index in [1.54, 1.807) is 0 Å². The largest absolute Gasteiger partial charge is 0.302 e. The predicted molar refractivity (Wildman–Crippen MR) is 75.2 cm³/mol. The smallest absolute Gasteiger partial charge is 0.00130 e. The summed E-state index contributed by atoms with van der Waals surface area (Å²) in [6.45, 7) is 8.95. The fourth-order valence-electron chi connectivity index (χ4n) is 4.08. The predicted octanol–water partition coefficient (Wildman–Crippen LogP) is 4.32. The molecule has 1 saturated carbocycles. The summed E-state index contributed by atoms with van der Waals surface area (Å²) in [4.78, 5) is 2.80. The molecule has 1 aliphatic carbocycles. The lowest BCUT2D eigenvalue weighted by Gasteiger charge is -2.26. The molecule has 1 heteroatoms. The maximum Gasteiger partial charge on any atom is 0.00130 e. The normalized spacial score (nSPS) is 32.1. The Morgan fingerprint density at radius 2 is 1.65 bits per heavy atom. The first kappa shape index (κ1) is 13.4. The Morgan fingerprint density at radius 3 is 2.29 bits per heavy atom. The molecule has 100 valence electrons. The summed E-state index contributed by atoms with van der Waals surface area (Å²) >= 11 is 0. The van der Waals surface area contributed by atoms with E-state index in [9.17, 15) is 0 Å². The molecule has 2 rings (SSSR count). The first-order valence-corrected chi connectivity index (χ1v) is 8.05. The van der Waals surface area contributed by atoms with Gasteiger partial charge in [-0.15, -0.1) is 0 Å². The molecule has 0 aromatic rings. The zero-order chi connectivity index (χ0) is 12.1. The van der Waals surface area contributed by atoms with Crippen LogP contribution in [0, 0.1) is 17.8 Å². The van der Waals surface area contributed by atoms with Crippen molar-refractivity contribution in [3.63, 3.8) is 0 Å². The van der Waals surface area contributed by atoms with Gasteiger partial charge in [0, 0.05) is 19.6 Å². The lowest BCUT2D eigenvalue weighted by atomic mass is 9.89. The molecule has 2 fully saturated rings. The average molecular weight is 237 g/mol. The fourth-order valence-corrected chi connectivity index (χ4v) is 4.08. The third kappa shape index (κ3) is 3.71. The molecule has 1 aliphatic heterocycles. The molecule has 0 aromatic heterocycles.